The maximum atomic E-state index is 12.1. The molecule has 0 unspecified atom stereocenters. The zero-order valence-electron chi connectivity index (χ0n) is 12.1. The molecule has 1 atom stereocenters. The first-order valence-corrected chi connectivity index (χ1v) is 6.45. The summed E-state index contributed by atoms with van der Waals surface area (Å²) < 4.78 is 40.1. The van der Waals surface area contributed by atoms with Gasteiger partial charge in [-0.25, -0.2) is 0 Å². The highest BCUT2D eigenvalue weighted by Gasteiger charge is 2.31. The lowest BCUT2D eigenvalue weighted by Gasteiger charge is -2.15. The van der Waals surface area contributed by atoms with E-state index >= 15 is 0 Å². The first-order chi connectivity index (χ1) is 9.76. The number of nitrogens with two attached hydrogens (primary N) is 1. The average Bonchev–Trinajstić information content (AvgIpc) is 2.40. The third-order valence-electron chi connectivity index (χ3n) is 3.36. The smallest absolute Gasteiger partial charge is 0.406 e. The summed E-state index contributed by atoms with van der Waals surface area (Å²) in [6.07, 6.45) is -4.68. The van der Waals surface area contributed by atoms with E-state index in [2.05, 4.69) is 4.74 Å². The SMILES string of the molecule is Cc1ccc([C@@H](N)c2ccc(OC(F)(F)F)cc2)cc1C.Cl. The third kappa shape index (κ3) is 4.64. The van der Waals surface area contributed by atoms with Crippen LogP contribution in [0.1, 0.15) is 28.3 Å². The quantitative estimate of drug-likeness (QED) is 0.887. The molecule has 0 aromatic heterocycles. The predicted molar refractivity (Wildman–Crippen MR) is 82.3 cm³/mol. The summed E-state index contributed by atoms with van der Waals surface area (Å²) in [5.41, 5.74) is 10.1. The molecule has 120 valence electrons. The van der Waals surface area contributed by atoms with Crippen LogP contribution in [0.4, 0.5) is 13.2 Å². The summed E-state index contributed by atoms with van der Waals surface area (Å²) >= 11 is 0. The molecule has 2 N–H and O–H groups in total. The van der Waals surface area contributed by atoms with Gasteiger partial charge < -0.3 is 10.5 Å². The highest BCUT2D eigenvalue weighted by atomic mass is 35.5. The molecule has 2 aromatic rings. The lowest BCUT2D eigenvalue weighted by Crippen LogP contribution is -2.17. The van der Waals surface area contributed by atoms with Gasteiger partial charge in [0.05, 0.1) is 6.04 Å². The zero-order valence-corrected chi connectivity index (χ0v) is 13.0. The average molecular weight is 332 g/mol. The highest BCUT2D eigenvalue weighted by Crippen LogP contribution is 2.26. The van der Waals surface area contributed by atoms with Gasteiger partial charge in [-0.2, -0.15) is 0 Å². The van der Waals surface area contributed by atoms with Crippen molar-refractivity contribution in [3.8, 4) is 5.75 Å². The van der Waals surface area contributed by atoms with E-state index in [-0.39, 0.29) is 24.2 Å². The molecule has 0 aliphatic rings. The monoisotopic (exact) mass is 331 g/mol. The fourth-order valence-electron chi connectivity index (χ4n) is 2.03. The van der Waals surface area contributed by atoms with Gasteiger partial charge in [0.25, 0.3) is 0 Å². The number of halogens is 4. The Morgan fingerprint density at radius 3 is 1.95 bits per heavy atom. The largest absolute Gasteiger partial charge is 0.573 e. The highest BCUT2D eigenvalue weighted by molar-refractivity contribution is 5.85. The standard InChI is InChI=1S/C16H16F3NO.ClH/c1-10-3-4-13(9-11(10)2)15(20)12-5-7-14(8-6-12)21-16(17,18)19;/h3-9,15H,20H2,1-2H3;1H/t15-;/m0./s1. The Morgan fingerprint density at radius 1 is 0.909 bits per heavy atom. The molecule has 0 bridgehead atoms. The summed E-state index contributed by atoms with van der Waals surface area (Å²) in [6.45, 7) is 4.00. The van der Waals surface area contributed by atoms with Gasteiger partial charge in [0.15, 0.2) is 0 Å². The molecule has 0 aliphatic carbocycles. The van der Waals surface area contributed by atoms with Gasteiger partial charge in [-0.05, 0) is 48.2 Å². The second-order valence-electron chi connectivity index (χ2n) is 4.94. The van der Waals surface area contributed by atoms with Crippen LogP contribution >= 0.6 is 12.4 Å². The minimum absolute atomic E-state index is 0. The summed E-state index contributed by atoms with van der Waals surface area (Å²) in [5.74, 6) is -0.251. The van der Waals surface area contributed by atoms with Crippen LogP contribution in [0.5, 0.6) is 5.75 Å². The van der Waals surface area contributed by atoms with E-state index in [1.165, 1.54) is 17.7 Å². The number of aryl methyl sites for hydroxylation is 2. The molecule has 0 heterocycles. The molecular weight excluding hydrogens is 315 g/mol. The fraction of sp³-hybridized carbons (Fsp3) is 0.250. The van der Waals surface area contributed by atoms with Crippen LogP contribution in [-0.2, 0) is 0 Å². The summed E-state index contributed by atoms with van der Waals surface area (Å²) in [6, 6.07) is 11.1. The van der Waals surface area contributed by atoms with E-state index in [0.29, 0.717) is 0 Å². The van der Waals surface area contributed by atoms with E-state index < -0.39 is 6.36 Å². The first kappa shape index (κ1) is 18.3. The van der Waals surface area contributed by atoms with Crippen molar-refractivity contribution in [3.63, 3.8) is 0 Å². The van der Waals surface area contributed by atoms with Gasteiger partial charge in [-0.1, -0.05) is 30.3 Å². The van der Waals surface area contributed by atoms with Crippen LogP contribution in [0.15, 0.2) is 42.5 Å². The van der Waals surface area contributed by atoms with Crippen LogP contribution in [0.3, 0.4) is 0 Å². The van der Waals surface area contributed by atoms with Gasteiger partial charge in [-0.3, -0.25) is 0 Å². The van der Waals surface area contributed by atoms with Crippen molar-refractivity contribution in [2.24, 2.45) is 5.73 Å². The van der Waals surface area contributed by atoms with Gasteiger partial charge in [0, 0.05) is 0 Å². The molecule has 0 radical (unpaired) electrons. The number of hydrogen-bond donors (Lipinski definition) is 1. The van der Waals surface area contributed by atoms with Crippen LogP contribution < -0.4 is 10.5 Å². The van der Waals surface area contributed by atoms with Crippen molar-refractivity contribution in [2.45, 2.75) is 26.3 Å². The van der Waals surface area contributed by atoms with Crippen LogP contribution in [0.25, 0.3) is 0 Å². The number of hydrogen-bond acceptors (Lipinski definition) is 2. The molecule has 2 rings (SSSR count). The molecule has 0 amide bonds. The molecule has 0 saturated heterocycles. The minimum Gasteiger partial charge on any atom is -0.406 e. The summed E-state index contributed by atoms with van der Waals surface area (Å²) in [4.78, 5) is 0. The third-order valence-corrected chi connectivity index (χ3v) is 3.36. The first-order valence-electron chi connectivity index (χ1n) is 6.45. The van der Waals surface area contributed by atoms with Crippen LogP contribution in [-0.4, -0.2) is 6.36 Å². The van der Waals surface area contributed by atoms with E-state index in [0.717, 1.165) is 16.7 Å². The predicted octanol–water partition coefficient (Wildman–Crippen LogP) is 4.67. The molecule has 2 aromatic carbocycles. The molecular formula is C16H17ClF3NO. The van der Waals surface area contributed by atoms with Crippen molar-refractivity contribution in [2.75, 3.05) is 0 Å². The normalized spacial score (nSPS) is 12.5. The van der Waals surface area contributed by atoms with E-state index in [4.69, 9.17) is 5.73 Å². The lowest BCUT2D eigenvalue weighted by molar-refractivity contribution is -0.274. The number of ether oxygens (including phenoxy) is 1. The maximum absolute atomic E-state index is 12.1. The van der Waals surface area contributed by atoms with Crippen molar-refractivity contribution in [1.29, 1.82) is 0 Å². The molecule has 0 saturated carbocycles. The maximum Gasteiger partial charge on any atom is 0.573 e. The number of alkyl halides is 3. The van der Waals surface area contributed by atoms with E-state index in [1.807, 2.05) is 32.0 Å². The Bertz CT molecular complexity index is 626. The molecule has 0 aliphatic heterocycles. The molecule has 2 nitrogen and oxygen atoms in total. The Kier molecular flexibility index (Phi) is 5.85. The van der Waals surface area contributed by atoms with Crippen LogP contribution in [0.2, 0.25) is 0 Å². The van der Waals surface area contributed by atoms with Gasteiger partial charge >= 0.3 is 6.36 Å². The Balaban J connectivity index is 0.00000242. The summed E-state index contributed by atoms with van der Waals surface area (Å²) in [7, 11) is 0. The summed E-state index contributed by atoms with van der Waals surface area (Å²) in [5, 5.41) is 0. The number of benzene rings is 2. The topological polar surface area (TPSA) is 35.2 Å². The zero-order chi connectivity index (χ0) is 15.6. The van der Waals surface area contributed by atoms with Gasteiger partial charge in [0.2, 0.25) is 0 Å². The fourth-order valence-corrected chi connectivity index (χ4v) is 2.03. The Morgan fingerprint density at radius 2 is 1.45 bits per heavy atom. The second-order valence-corrected chi connectivity index (χ2v) is 4.94. The second kappa shape index (κ2) is 7.03. The molecule has 0 spiro atoms. The van der Waals surface area contributed by atoms with Crippen molar-refractivity contribution >= 4 is 12.4 Å². The van der Waals surface area contributed by atoms with Crippen LogP contribution in [0, 0.1) is 13.8 Å². The van der Waals surface area contributed by atoms with Crippen molar-refractivity contribution in [1.82, 2.24) is 0 Å². The van der Waals surface area contributed by atoms with Crippen molar-refractivity contribution in [3.05, 3.63) is 64.7 Å². The molecule has 0 fully saturated rings. The Hall–Kier alpha value is -1.72. The molecule has 22 heavy (non-hydrogen) atoms. The Labute approximate surface area is 133 Å². The van der Waals surface area contributed by atoms with E-state index in [1.54, 1.807) is 12.1 Å². The van der Waals surface area contributed by atoms with Gasteiger partial charge in [0.1, 0.15) is 5.75 Å². The lowest BCUT2D eigenvalue weighted by atomic mass is 9.96. The number of rotatable bonds is 3. The van der Waals surface area contributed by atoms with Crippen molar-refractivity contribution < 1.29 is 17.9 Å². The molecule has 6 heteroatoms. The van der Waals surface area contributed by atoms with Gasteiger partial charge in [-0.15, -0.1) is 25.6 Å². The minimum atomic E-state index is -4.68. The van der Waals surface area contributed by atoms with E-state index in [9.17, 15) is 13.2 Å².